The van der Waals surface area contributed by atoms with E-state index >= 15 is 0 Å². The Kier molecular flexibility index (Phi) is 6.82. The Balaban J connectivity index is 1.31. The number of nitrogens with one attached hydrogen (secondary N) is 1. The Morgan fingerprint density at radius 3 is 2.63 bits per heavy atom. The number of hydrogen-bond donors (Lipinski definition) is 1. The van der Waals surface area contributed by atoms with E-state index in [9.17, 15) is 4.79 Å². The number of morpholine rings is 1. The molecule has 30 heavy (non-hydrogen) atoms. The summed E-state index contributed by atoms with van der Waals surface area (Å²) in [5, 5.41) is 8.84. The fourth-order valence-electron chi connectivity index (χ4n) is 3.94. The molecule has 3 heterocycles. The molecule has 1 N–H and O–H groups in total. The van der Waals surface area contributed by atoms with E-state index < -0.39 is 0 Å². The zero-order valence-corrected chi connectivity index (χ0v) is 19.2. The van der Waals surface area contributed by atoms with Crippen LogP contribution >= 0.6 is 23.6 Å². The summed E-state index contributed by atoms with van der Waals surface area (Å²) in [6.07, 6.45) is 1.78. The van der Waals surface area contributed by atoms with Crippen LogP contribution in [0.3, 0.4) is 0 Å². The third-order valence-electron chi connectivity index (χ3n) is 5.96. The Morgan fingerprint density at radius 1 is 1.20 bits per heavy atom. The summed E-state index contributed by atoms with van der Waals surface area (Å²) in [5.41, 5.74) is 3.54. The van der Waals surface area contributed by atoms with E-state index in [1.807, 2.05) is 9.58 Å². The van der Waals surface area contributed by atoms with Crippen LogP contribution in [-0.2, 0) is 16.2 Å². The molecule has 162 valence electrons. The molecule has 2 aromatic rings. The Hall–Kier alpha value is -1.81. The highest BCUT2D eigenvalue weighted by atomic mass is 32.1. The number of anilines is 2. The minimum absolute atomic E-state index is 0.129. The van der Waals surface area contributed by atoms with E-state index in [1.54, 1.807) is 0 Å². The second-order valence-electron chi connectivity index (χ2n) is 8.07. The number of hydrogen-bond acceptors (Lipinski definition) is 7. The zero-order valence-electron chi connectivity index (χ0n) is 17.6. The lowest BCUT2D eigenvalue weighted by Crippen LogP contribution is -2.47. The van der Waals surface area contributed by atoms with E-state index in [0.29, 0.717) is 25.8 Å². The molecular formula is C21H29N5O2S2. The molecule has 2 saturated heterocycles. The molecule has 0 aliphatic carbocycles. The summed E-state index contributed by atoms with van der Waals surface area (Å²) < 4.78 is 8.00. The van der Waals surface area contributed by atoms with Crippen LogP contribution in [-0.4, -0.2) is 64.9 Å². The van der Waals surface area contributed by atoms with E-state index in [2.05, 4.69) is 47.4 Å². The first-order valence-electron chi connectivity index (χ1n) is 10.5. The van der Waals surface area contributed by atoms with Crippen LogP contribution in [0, 0.1) is 23.7 Å². The zero-order chi connectivity index (χ0) is 21.1. The lowest BCUT2D eigenvalue weighted by Gasteiger charge is -2.35. The maximum absolute atomic E-state index is 12.7. The van der Waals surface area contributed by atoms with Crippen molar-refractivity contribution in [1.29, 1.82) is 0 Å². The molecule has 9 heteroatoms. The van der Waals surface area contributed by atoms with Gasteiger partial charge in [0.2, 0.25) is 11.0 Å². The molecule has 0 spiro atoms. The van der Waals surface area contributed by atoms with E-state index in [-0.39, 0.29) is 5.92 Å². The Bertz CT molecular complexity index is 943. The molecule has 0 saturated carbocycles. The SMILES string of the molecule is Cc1ccc(Nc2nn(CN3CCC(C(=O)N4CCOCC4)CC3)c(=S)s2)cc1C. The van der Waals surface area contributed by atoms with Crippen molar-refractivity contribution in [1.82, 2.24) is 19.6 Å². The fraction of sp³-hybridized carbons (Fsp3) is 0.571. The summed E-state index contributed by atoms with van der Waals surface area (Å²) in [4.78, 5) is 17.0. The van der Waals surface area contributed by atoms with Crippen LogP contribution in [0.1, 0.15) is 24.0 Å². The number of carbonyl (C=O) groups excluding carboxylic acids is 1. The van der Waals surface area contributed by atoms with E-state index in [0.717, 1.165) is 53.8 Å². The molecule has 0 unspecified atom stereocenters. The lowest BCUT2D eigenvalue weighted by atomic mass is 9.95. The average molecular weight is 448 g/mol. The van der Waals surface area contributed by atoms with Crippen molar-refractivity contribution in [3.63, 3.8) is 0 Å². The second-order valence-corrected chi connectivity index (χ2v) is 9.69. The number of nitrogens with zero attached hydrogens (tertiary/aromatic N) is 4. The quantitative estimate of drug-likeness (QED) is 0.707. The van der Waals surface area contributed by atoms with Gasteiger partial charge in [-0.05, 0) is 62.2 Å². The molecule has 0 atom stereocenters. The molecular weight excluding hydrogens is 418 g/mol. The van der Waals surface area contributed by atoms with Gasteiger partial charge in [0.1, 0.15) is 0 Å². The van der Waals surface area contributed by atoms with Gasteiger partial charge in [-0.25, -0.2) is 4.68 Å². The minimum Gasteiger partial charge on any atom is -0.378 e. The summed E-state index contributed by atoms with van der Waals surface area (Å²) >= 11 is 7.02. The van der Waals surface area contributed by atoms with Crippen molar-refractivity contribution in [2.24, 2.45) is 5.92 Å². The molecule has 2 aliphatic heterocycles. The van der Waals surface area contributed by atoms with Gasteiger partial charge in [-0.3, -0.25) is 9.69 Å². The Morgan fingerprint density at radius 2 is 1.93 bits per heavy atom. The first-order chi connectivity index (χ1) is 14.5. The van der Waals surface area contributed by atoms with Crippen LogP contribution in [0.15, 0.2) is 18.2 Å². The predicted octanol–water partition coefficient (Wildman–Crippen LogP) is 3.56. The van der Waals surface area contributed by atoms with Crippen LogP contribution in [0.2, 0.25) is 0 Å². The fourth-order valence-corrected chi connectivity index (χ4v) is 4.95. The highest BCUT2D eigenvalue weighted by Crippen LogP contribution is 2.24. The van der Waals surface area contributed by atoms with Crippen molar-refractivity contribution < 1.29 is 9.53 Å². The largest absolute Gasteiger partial charge is 0.378 e. The topological polar surface area (TPSA) is 62.6 Å². The molecule has 2 fully saturated rings. The molecule has 0 radical (unpaired) electrons. The molecule has 4 rings (SSSR count). The van der Waals surface area contributed by atoms with Gasteiger partial charge >= 0.3 is 0 Å². The second kappa shape index (κ2) is 9.55. The van der Waals surface area contributed by atoms with Crippen molar-refractivity contribution in [3.8, 4) is 0 Å². The van der Waals surface area contributed by atoms with Crippen molar-refractivity contribution >= 4 is 40.3 Å². The summed E-state index contributed by atoms with van der Waals surface area (Å²) in [6, 6.07) is 6.30. The highest BCUT2D eigenvalue weighted by molar-refractivity contribution is 7.73. The number of piperidine rings is 1. The molecule has 1 aromatic carbocycles. The first-order valence-corrected chi connectivity index (χ1v) is 11.7. The molecule has 1 amide bonds. The predicted molar refractivity (Wildman–Crippen MR) is 122 cm³/mol. The van der Waals surface area contributed by atoms with Gasteiger partial charge in [-0.15, -0.1) is 5.10 Å². The monoisotopic (exact) mass is 447 g/mol. The van der Waals surface area contributed by atoms with Gasteiger partial charge in [0.25, 0.3) is 0 Å². The van der Waals surface area contributed by atoms with Crippen molar-refractivity contribution in [2.75, 3.05) is 44.7 Å². The van der Waals surface area contributed by atoms with Crippen LogP contribution in [0.5, 0.6) is 0 Å². The number of likely N-dealkylation sites (tertiary alicyclic amines) is 1. The van der Waals surface area contributed by atoms with Crippen LogP contribution in [0.4, 0.5) is 10.8 Å². The first kappa shape index (κ1) is 21.4. The summed E-state index contributed by atoms with van der Waals surface area (Å²) in [6.45, 7) is 9.43. The Labute approximate surface area is 186 Å². The van der Waals surface area contributed by atoms with Crippen molar-refractivity contribution in [3.05, 3.63) is 33.3 Å². The molecule has 0 bridgehead atoms. The van der Waals surface area contributed by atoms with Crippen molar-refractivity contribution in [2.45, 2.75) is 33.4 Å². The maximum atomic E-state index is 12.7. The lowest BCUT2D eigenvalue weighted by molar-refractivity contribution is -0.141. The molecule has 7 nitrogen and oxygen atoms in total. The number of rotatable bonds is 5. The average Bonchev–Trinajstić information content (AvgIpc) is 3.10. The van der Waals surface area contributed by atoms with Crippen LogP contribution < -0.4 is 5.32 Å². The minimum atomic E-state index is 0.129. The number of amides is 1. The van der Waals surface area contributed by atoms with Gasteiger partial charge in [0, 0.05) is 37.8 Å². The van der Waals surface area contributed by atoms with E-state index in [1.165, 1.54) is 22.5 Å². The third kappa shape index (κ3) is 5.08. The summed E-state index contributed by atoms with van der Waals surface area (Å²) in [7, 11) is 0. The number of carbonyl (C=O) groups is 1. The number of ether oxygens (including phenoxy) is 1. The van der Waals surface area contributed by atoms with Gasteiger partial charge in [-0.2, -0.15) is 0 Å². The standard InChI is InChI=1S/C21H29N5O2S2/c1-15-3-4-18(13-16(15)2)22-20-23-26(21(29)30-20)14-24-7-5-17(6-8-24)19(27)25-9-11-28-12-10-25/h3-4,13,17H,5-12,14H2,1-2H3,(H,22,23). The number of aromatic nitrogens is 2. The van der Waals surface area contributed by atoms with Crippen LogP contribution in [0.25, 0.3) is 0 Å². The molecule has 2 aliphatic rings. The third-order valence-corrected chi connectivity index (χ3v) is 7.18. The maximum Gasteiger partial charge on any atom is 0.225 e. The highest BCUT2D eigenvalue weighted by Gasteiger charge is 2.29. The van der Waals surface area contributed by atoms with Gasteiger partial charge in [0.05, 0.1) is 19.9 Å². The molecule has 1 aromatic heterocycles. The normalized spacial score (nSPS) is 18.5. The van der Waals surface area contributed by atoms with Gasteiger partial charge in [-0.1, -0.05) is 17.4 Å². The van der Waals surface area contributed by atoms with E-state index in [4.69, 9.17) is 17.0 Å². The summed E-state index contributed by atoms with van der Waals surface area (Å²) in [5.74, 6) is 0.424. The van der Waals surface area contributed by atoms with Gasteiger partial charge in [0.15, 0.2) is 3.95 Å². The van der Waals surface area contributed by atoms with Gasteiger partial charge < -0.3 is 15.0 Å². The number of benzene rings is 1. The number of aryl methyl sites for hydroxylation is 2. The smallest absolute Gasteiger partial charge is 0.225 e.